The van der Waals surface area contributed by atoms with Crippen LogP contribution < -0.4 is 15.2 Å². The third kappa shape index (κ3) is 2.98. The summed E-state index contributed by atoms with van der Waals surface area (Å²) < 4.78 is 21.9. The molecule has 0 saturated heterocycles. The van der Waals surface area contributed by atoms with E-state index in [1.807, 2.05) is 31.2 Å². The Kier molecular flexibility index (Phi) is 4.03. The summed E-state index contributed by atoms with van der Waals surface area (Å²) in [7, 11) is 0. The summed E-state index contributed by atoms with van der Waals surface area (Å²) in [4.78, 5) is 4.27. The quantitative estimate of drug-likeness (QED) is 0.894. The largest absolute Gasteiger partial charge is 0.485 e. The number of rotatable bonds is 5. The van der Waals surface area contributed by atoms with Crippen LogP contribution in [-0.4, -0.2) is 30.0 Å². The molecule has 0 saturated carbocycles. The van der Waals surface area contributed by atoms with Gasteiger partial charge in [-0.25, -0.2) is 0 Å². The second kappa shape index (κ2) is 6.11. The van der Waals surface area contributed by atoms with Gasteiger partial charge in [-0.05, 0) is 19.1 Å². The molecule has 0 aliphatic carbocycles. The van der Waals surface area contributed by atoms with Crippen LogP contribution in [0.2, 0.25) is 0 Å². The highest BCUT2D eigenvalue weighted by Crippen LogP contribution is 2.35. The Labute approximate surface area is 122 Å². The number of ether oxygens (including phenoxy) is 3. The Morgan fingerprint density at radius 1 is 1.38 bits per heavy atom. The third-order valence-electron chi connectivity index (χ3n) is 3.07. The molecule has 2 aromatic rings. The first-order chi connectivity index (χ1) is 10.3. The molecule has 0 bridgehead atoms. The van der Waals surface area contributed by atoms with E-state index in [9.17, 15) is 0 Å². The van der Waals surface area contributed by atoms with Crippen LogP contribution in [0.1, 0.15) is 30.8 Å². The van der Waals surface area contributed by atoms with Gasteiger partial charge in [-0.1, -0.05) is 17.3 Å². The molecule has 21 heavy (non-hydrogen) atoms. The van der Waals surface area contributed by atoms with E-state index in [1.54, 1.807) is 0 Å². The van der Waals surface area contributed by atoms with Crippen molar-refractivity contribution in [1.29, 1.82) is 0 Å². The molecule has 1 aliphatic rings. The fourth-order valence-electron chi connectivity index (χ4n) is 1.99. The van der Waals surface area contributed by atoms with Crippen LogP contribution in [-0.2, 0) is 4.74 Å². The van der Waals surface area contributed by atoms with Crippen molar-refractivity contribution in [3.8, 4) is 11.5 Å². The van der Waals surface area contributed by atoms with Crippen LogP contribution in [0.3, 0.4) is 0 Å². The Hall–Kier alpha value is -2.12. The van der Waals surface area contributed by atoms with Gasteiger partial charge in [-0.2, -0.15) is 4.98 Å². The predicted molar refractivity (Wildman–Crippen MR) is 73.0 cm³/mol. The average Bonchev–Trinajstić information content (AvgIpc) is 3.02. The van der Waals surface area contributed by atoms with Crippen molar-refractivity contribution in [2.75, 3.05) is 19.8 Å². The monoisotopic (exact) mass is 291 g/mol. The highest BCUT2D eigenvalue weighted by Gasteiger charge is 2.28. The number of hydrogen-bond acceptors (Lipinski definition) is 7. The summed E-state index contributed by atoms with van der Waals surface area (Å²) in [6.07, 6.45) is -0.430. The summed E-state index contributed by atoms with van der Waals surface area (Å²) in [6.45, 7) is 3.16. The van der Waals surface area contributed by atoms with Crippen LogP contribution in [0.4, 0.5) is 0 Å². The van der Waals surface area contributed by atoms with Crippen molar-refractivity contribution >= 4 is 0 Å². The van der Waals surface area contributed by atoms with Crippen LogP contribution in [0.25, 0.3) is 0 Å². The van der Waals surface area contributed by atoms with E-state index in [1.165, 1.54) is 0 Å². The van der Waals surface area contributed by atoms with E-state index in [2.05, 4.69) is 10.1 Å². The van der Waals surface area contributed by atoms with E-state index in [0.717, 1.165) is 0 Å². The molecule has 112 valence electrons. The Bertz CT molecular complexity index is 601. The predicted octanol–water partition coefficient (Wildman–Crippen LogP) is 1.62. The summed E-state index contributed by atoms with van der Waals surface area (Å²) >= 11 is 0. The molecule has 1 aromatic carbocycles. The van der Waals surface area contributed by atoms with E-state index in [0.29, 0.717) is 43.0 Å². The van der Waals surface area contributed by atoms with E-state index >= 15 is 0 Å². The molecular weight excluding hydrogens is 274 g/mol. The molecular formula is C14H17N3O4. The molecule has 2 unspecified atom stereocenters. The van der Waals surface area contributed by atoms with E-state index in [4.69, 9.17) is 24.5 Å². The molecule has 1 aliphatic heterocycles. The highest BCUT2D eigenvalue weighted by molar-refractivity contribution is 5.40. The van der Waals surface area contributed by atoms with Gasteiger partial charge < -0.3 is 24.5 Å². The lowest BCUT2D eigenvalue weighted by Gasteiger charge is -2.23. The van der Waals surface area contributed by atoms with Crippen LogP contribution in [0, 0.1) is 0 Å². The first-order valence-corrected chi connectivity index (χ1v) is 6.83. The standard InChI is InChI=1S/C14H17N3O4/c1-2-18-7-9(15)13-16-14(21-17-13)12-8-19-10-5-3-4-6-11(10)20-12/h3-6,9,12H,2,7-8,15H2,1H3. The molecule has 0 radical (unpaired) electrons. The normalized spacial score (nSPS) is 18.5. The zero-order chi connectivity index (χ0) is 14.7. The molecule has 7 nitrogen and oxygen atoms in total. The minimum atomic E-state index is -0.430. The lowest BCUT2D eigenvalue weighted by molar-refractivity contribution is 0.0665. The molecule has 1 aromatic heterocycles. The van der Waals surface area contributed by atoms with Crippen molar-refractivity contribution in [3.63, 3.8) is 0 Å². The number of hydrogen-bond donors (Lipinski definition) is 1. The number of fused-ring (bicyclic) bond motifs is 1. The summed E-state index contributed by atoms with van der Waals surface area (Å²) in [5.74, 6) is 2.13. The molecule has 0 fully saturated rings. The van der Waals surface area contributed by atoms with Gasteiger partial charge >= 0.3 is 0 Å². The van der Waals surface area contributed by atoms with E-state index in [-0.39, 0.29) is 0 Å². The zero-order valence-corrected chi connectivity index (χ0v) is 11.7. The van der Waals surface area contributed by atoms with Gasteiger partial charge in [0.25, 0.3) is 5.89 Å². The minimum Gasteiger partial charge on any atom is -0.485 e. The fraction of sp³-hybridized carbons (Fsp3) is 0.429. The molecule has 3 rings (SSSR count). The van der Waals surface area contributed by atoms with Gasteiger partial charge in [0.05, 0.1) is 12.6 Å². The Balaban J connectivity index is 1.70. The first-order valence-electron chi connectivity index (χ1n) is 6.83. The Morgan fingerprint density at radius 3 is 3.00 bits per heavy atom. The van der Waals surface area contributed by atoms with Gasteiger partial charge in [0, 0.05) is 6.61 Å². The topological polar surface area (TPSA) is 92.6 Å². The lowest BCUT2D eigenvalue weighted by atomic mass is 10.2. The minimum absolute atomic E-state index is 0.319. The second-order valence-corrected chi connectivity index (χ2v) is 4.62. The SMILES string of the molecule is CCOCC(N)c1noc(C2COc3ccccc3O2)n1. The average molecular weight is 291 g/mol. The third-order valence-corrected chi connectivity index (χ3v) is 3.07. The van der Waals surface area contributed by atoms with Crippen LogP contribution >= 0.6 is 0 Å². The van der Waals surface area contributed by atoms with E-state index < -0.39 is 12.1 Å². The van der Waals surface area contributed by atoms with Crippen LogP contribution in [0.15, 0.2) is 28.8 Å². The maximum atomic E-state index is 5.92. The molecule has 2 atom stereocenters. The number of nitrogens with two attached hydrogens (primary N) is 1. The van der Waals surface area contributed by atoms with Crippen LogP contribution in [0.5, 0.6) is 11.5 Å². The first kappa shape index (κ1) is 13.8. The number of benzene rings is 1. The highest BCUT2D eigenvalue weighted by atomic mass is 16.6. The molecule has 2 N–H and O–H groups in total. The van der Waals surface area contributed by atoms with Gasteiger partial charge in [0.2, 0.25) is 6.10 Å². The fourth-order valence-corrected chi connectivity index (χ4v) is 1.99. The number of aromatic nitrogens is 2. The number of para-hydroxylation sites is 2. The summed E-state index contributed by atoms with van der Waals surface area (Å²) in [5, 5.41) is 3.87. The van der Waals surface area contributed by atoms with Gasteiger partial charge in [-0.15, -0.1) is 0 Å². The Morgan fingerprint density at radius 2 is 2.19 bits per heavy atom. The molecule has 2 heterocycles. The second-order valence-electron chi connectivity index (χ2n) is 4.62. The van der Waals surface area contributed by atoms with Gasteiger partial charge in [-0.3, -0.25) is 0 Å². The molecule has 0 amide bonds. The maximum Gasteiger partial charge on any atom is 0.271 e. The lowest BCUT2D eigenvalue weighted by Crippen LogP contribution is -2.22. The smallest absolute Gasteiger partial charge is 0.271 e. The van der Waals surface area contributed by atoms with Crippen molar-refractivity contribution in [2.24, 2.45) is 5.73 Å². The zero-order valence-electron chi connectivity index (χ0n) is 11.7. The molecule has 0 spiro atoms. The van der Waals surface area contributed by atoms with Crippen molar-refractivity contribution in [1.82, 2.24) is 10.1 Å². The van der Waals surface area contributed by atoms with Crippen molar-refractivity contribution in [2.45, 2.75) is 19.1 Å². The summed E-state index contributed by atoms with van der Waals surface area (Å²) in [5.41, 5.74) is 5.92. The maximum absolute atomic E-state index is 5.92. The van der Waals surface area contributed by atoms with Gasteiger partial charge in [0.1, 0.15) is 6.61 Å². The van der Waals surface area contributed by atoms with Crippen molar-refractivity contribution < 1.29 is 18.7 Å². The van der Waals surface area contributed by atoms with Crippen molar-refractivity contribution in [3.05, 3.63) is 36.0 Å². The molecule has 7 heteroatoms. The summed E-state index contributed by atoms with van der Waals surface area (Å²) in [6, 6.07) is 7.03. The number of nitrogens with zero attached hydrogens (tertiary/aromatic N) is 2. The van der Waals surface area contributed by atoms with Gasteiger partial charge in [0.15, 0.2) is 17.3 Å².